The zero-order valence-corrected chi connectivity index (χ0v) is 14.0. The first kappa shape index (κ1) is 17.0. The first-order valence-electron chi connectivity index (χ1n) is 8.46. The number of nitrogens with one attached hydrogen (secondary N) is 1. The van der Waals surface area contributed by atoms with Gasteiger partial charge in [-0.05, 0) is 54.8 Å². The lowest BCUT2D eigenvalue weighted by atomic mass is 10.0. The summed E-state index contributed by atoms with van der Waals surface area (Å²) in [5.41, 5.74) is 3.27. The number of benzene rings is 2. The number of hydrogen-bond donors (Lipinski definition) is 2. The molecule has 1 aliphatic heterocycles. The Hall–Kier alpha value is -2.84. The fourth-order valence-corrected chi connectivity index (χ4v) is 3.12. The molecule has 0 bridgehead atoms. The second-order valence-corrected chi connectivity index (χ2v) is 6.30. The Labute approximate surface area is 147 Å². The molecule has 5 nitrogen and oxygen atoms in total. The summed E-state index contributed by atoms with van der Waals surface area (Å²) in [5.74, 6) is -0.891. The lowest BCUT2D eigenvalue weighted by Crippen LogP contribution is -2.42. The standard InChI is InChI=1S/C20H21N3O2/c21-13-15-1-3-16(4-2-15)14-22-18-9-11-23(12-10-18)19-7-5-17(6-8-19)20(24)25/h1-8,18,22H,9-12,14H2,(H,24,25). The maximum absolute atomic E-state index is 10.9. The molecule has 1 saturated heterocycles. The quantitative estimate of drug-likeness (QED) is 0.878. The van der Waals surface area contributed by atoms with Crippen LogP contribution in [-0.4, -0.2) is 30.2 Å². The van der Waals surface area contributed by atoms with Gasteiger partial charge in [0.15, 0.2) is 0 Å². The molecule has 1 heterocycles. The molecule has 1 fully saturated rings. The van der Waals surface area contributed by atoms with Gasteiger partial charge in [-0.1, -0.05) is 12.1 Å². The van der Waals surface area contributed by atoms with E-state index >= 15 is 0 Å². The molecule has 0 atom stereocenters. The molecule has 0 aliphatic carbocycles. The van der Waals surface area contributed by atoms with Gasteiger partial charge in [0.25, 0.3) is 0 Å². The maximum atomic E-state index is 10.9. The lowest BCUT2D eigenvalue weighted by molar-refractivity contribution is 0.0697. The second kappa shape index (κ2) is 7.82. The van der Waals surface area contributed by atoms with Crippen LogP contribution in [0.2, 0.25) is 0 Å². The monoisotopic (exact) mass is 335 g/mol. The van der Waals surface area contributed by atoms with E-state index < -0.39 is 5.97 Å². The van der Waals surface area contributed by atoms with Gasteiger partial charge in [-0.15, -0.1) is 0 Å². The van der Waals surface area contributed by atoms with E-state index in [-0.39, 0.29) is 0 Å². The molecule has 1 aliphatic rings. The topological polar surface area (TPSA) is 76.4 Å². The number of anilines is 1. The molecule has 0 unspecified atom stereocenters. The summed E-state index contributed by atoms with van der Waals surface area (Å²) in [4.78, 5) is 13.2. The van der Waals surface area contributed by atoms with E-state index in [1.54, 1.807) is 12.1 Å². The van der Waals surface area contributed by atoms with Crippen LogP contribution in [0, 0.1) is 11.3 Å². The van der Waals surface area contributed by atoms with Crippen molar-refractivity contribution < 1.29 is 9.90 Å². The third kappa shape index (κ3) is 4.37. The van der Waals surface area contributed by atoms with Crippen molar-refractivity contribution in [2.75, 3.05) is 18.0 Å². The highest BCUT2D eigenvalue weighted by atomic mass is 16.4. The number of piperidine rings is 1. The van der Waals surface area contributed by atoms with Gasteiger partial charge >= 0.3 is 5.97 Å². The van der Waals surface area contributed by atoms with Crippen LogP contribution in [-0.2, 0) is 6.54 Å². The third-order valence-electron chi connectivity index (χ3n) is 4.65. The van der Waals surface area contributed by atoms with Crippen molar-refractivity contribution in [3.8, 4) is 6.07 Å². The van der Waals surface area contributed by atoms with Gasteiger partial charge in [-0.2, -0.15) is 5.26 Å². The molecular formula is C20H21N3O2. The smallest absolute Gasteiger partial charge is 0.335 e. The Morgan fingerprint density at radius 1 is 1.12 bits per heavy atom. The van der Waals surface area contributed by atoms with E-state index in [4.69, 9.17) is 10.4 Å². The number of rotatable bonds is 5. The van der Waals surface area contributed by atoms with Crippen LogP contribution in [0.1, 0.15) is 34.3 Å². The van der Waals surface area contributed by atoms with E-state index in [0.717, 1.165) is 38.2 Å². The Kier molecular flexibility index (Phi) is 5.32. The fourth-order valence-electron chi connectivity index (χ4n) is 3.12. The summed E-state index contributed by atoms with van der Waals surface area (Å²) < 4.78 is 0. The van der Waals surface area contributed by atoms with Crippen molar-refractivity contribution in [1.82, 2.24) is 5.32 Å². The first-order chi connectivity index (χ1) is 12.2. The molecule has 0 radical (unpaired) electrons. The Bertz CT molecular complexity index is 755. The zero-order valence-electron chi connectivity index (χ0n) is 14.0. The molecule has 2 aromatic carbocycles. The van der Waals surface area contributed by atoms with Gasteiger partial charge < -0.3 is 15.3 Å². The molecule has 2 aromatic rings. The van der Waals surface area contributed by atoms with Crippen molar-refractivity contribution in [1.29, 1.82) is 5.26 Å². The number of carboxylic acid groups (broad SMARTS) is 1. The number of nitrogens with zero attached hydrogens (tertiary/aromatic N) is 2. The van der Waals surface area contributed by atoms with Crippen molar-refractivity contribution >= 4 is 11.7 Å². The highest BCUT2D eigenvalue weighted by Crippen LogP contribution is 2.21. The second-order valence-electron chi connectivity index (χ2n) is 6.30. The fraction of sp³-hybridized carbons (Fsp3) is 0.300. The molecule has 0 saturated carbocycles. The predicted molar refractivity (Wildman–Crippen MR) is 96.6 cm³/mol. The minimum absolute atomic E-state index is 0.322. The van der Waals surface area contributed by atoms with Crippen molar-refractivity contribution in [2.45, 2.75) is 25.4 Å². The minimum Gasteiger partial charge on any atom is -0.478 e. The molecular weight excluding hydrogens is 314 g/mol. The van der Waals surface area contributed by atoms with Crippen molar-refractivity contribution in [3.63, 3.8) is 0 Å². The summed E-state index contributed by atoms with van der Waals surface area (Å²) in [7, 11) is 0. The summed E-state index contributed by atoms with van der Waals surface area (Å²) in [6, 6.07) is 17.4. The van der Waals surface area contributed by atoms with Crippen LogP contribution in [0.4, 0.5) is 5.69 Å². The summed E-state index contributed by atoms with van der Waals surface area (Å²) in [5, 5.41) is 21.4. The highest BCUT2D eigenvalue weighted by molar-refractivity contribution is 5.88. The lowest BCUT2D eigenvalue weighted by Gasteiger charge is -2.34. The average Bonchev–Trinajstić information content (AvgIpc) is 2.67. The molecule has 5 heteroatoms. The van der Waals surface area contributed by atoms with Gasteiger partial charge in [0.05, 0.1) is 17.2 Å². The van der Waals surface area contributed by atoms with Gasteiger partial charge in [-0.25, -0.2) is 4.79 Å². The first-order valence-corrected chi connectivity index (χ1v) is 8.46. The number of nitriles is 1. The molecule has 3 rings (SSSR count). The normalized spacial score (nSPS) is 14.9. The molecule has 2 N–H and O–H groups in total. The predicted octanol–water partition coefficient (Wildman–Crippen LogP) is 3.02. The van der Waals surface area contributed by atoms with Gasteiger partial charge in [0.2, 0.25) is 0 Å². The molecule has 25 heavy (non-hydrogen) atoms. The Morgan fingerprint density at radius 3 is 2.32 bits per heavy atom. The van der Waals surface area contributed by atoms with Crippen LogP contribution in [0.25, 0.3) is 0 Å². The van der Waals surface area contributed by atoms with Crippen LogP contribution >= 0.6 is 0 Å². The van der Waals surface area contributed by atoms with Crippen LogP contribution in [0.3, 0.4) is 0 Å². The minimum atomic E-state index is -0.891. The van der Waals surface area contributed by atoms with Crippen LogP contribution in [0.15, 0.2) is 48.5 Å². The average molecular weight is 335 g/mol. The van der Waals surface area contributed by atoms with E-state index in [1.165, 1.54) is 5.56 Å². The largest absolute Gasteiger partial charge is 0.478 e. The van der Waals surface area contributed by atoms with Crippen molar-refractivity contribution in [2.24, 2.45) is 0 Å². The molecule has 0 aromatic heterocycles. The third-order valence-corrected chi connectivity index (χ3v) is 4.65. The van der Waals surface area contributed by atoms with E-state index in [2.05, 4.69) is 16.3 Å². The SMILES string of the molecule is N#Cc1ccc(CNC2CCN(c3ccc(C(=O)O)cc3)CC2)cc1. The summed E-state index contributed by atoms with van der Waals surface area (Å²) >= 11 is 0. The van der Waals surface area contributed by atoms with Crippen molar-refractivity contribution in [3.05, 3.63) is 65.2 Å². The Balaban J connectivity index is 1.48. The summed E-state index contributed by atoms with van der Waals surface area (Å²) in [6.07, 6.45) is 2.11. The molecule has 0 spiro atoms. The Morgan fingerprint density at radius 2 is 1.76 bits per heavy atom. The van der Waals surface area contributed by atoms with Gasteiger partial charge in [0.1, 0.15) is 0 Å². The number of carboxylic acids is 1. The molecule has 128 valence electrons. The summed E-state index contributed by atoms with van der Waals surface area (Å²) in [6.45, 7) is 2.72. The number of carbonyl (C=O) groups is 1. The zero-order chi connectivity index (χ0) is 17.6. The highest BCUT2D eigenvalue weighted by Gasteiger charge is 2.19. The van der Waals surface area contributed by atoms with E-state index in [9.17, 15) is 4.79 Å². The van der Waals surface area contributed by atoms with Gasteiger partial charge in [-0.3, -0.25) is 0 Å². The maximum Gasteiger partial charge on any atom is 0.335 e. The van der Waals surface area contributed by atoms with Crippen LogP contribution in [0.5, 0.6) is 0 Å². The van der Waals surface area contributed by atoms with Gasteiger partial charge in [0, 0.05) is 31.4 Å². The number of hydrogen-bond acceptors (Lipinski definition) is 4. The van der Waals surface area contributed by atoms with E-state index in [1.807, 2.05) is 36.4 Å². The van der Waals surface area contributed by atoms with Crippen LogP contribution < -0.4 is 10.2 Å². The number of aromatic carboxylic acids is 1. The van der Waals surface area contributed by atoms with E-state index in [0.29, 0.717) is 17.2 Å². The molecule has 0 amide bonds.